The van der Waals surface area contributed by atoms with Gasteiger partial charge in [0.05, 0.1) is 13.7 Å². The largest absolute Gasteiger partial charge is 0.492 e. The number of methoxy groups -OCH3 is 1. The van der Waals surface area contributed by atoms with Crippen molar-refractivity contribution in [1.29, 1.82) is 0 Å². The molecule has 0 saturated heterocycles. The number of nitrogens with zero attached hydrogens (tertiary/aromatic N) is 3. The van der Waals surface area contributed by atoms with Gasteiger partial charge >= 0.3 is 0 Å². The number of carbonyl (C=O) groups excluding carboxylic acids is 2. The number of aromatic nitrogens is 1. The number of hydrazone groups is 1. The molecule has 1 aliphatic heterocycles. The lowest BCUT2D eigenvalue weighted by Crippen LogP contribution is -2.29. The highest BCUT2D eigenvalue weighted by Crippen LogP contribution is 2.47. The van der Waals surface area contributed by atoms with Gasteiger partial charge in [0.2, 0.25) is 0 Å². The molecule has 1 atom stereocenters. The second-order valence-electron chi connectivity index (χ2n) is 9.15. The maximum atomic E-state index is 14.7. The van der Waals surface area contributed by atoms with Gasteiger partial charge in [-0.1, -0.05) is 29.1 Å². The Labute approximate surface area is 246 Å². The van der Waals surface area contributed by atoms with E-state index in [0.29, 0.717) is 34.7 Å². The molecule has 1 unspecified atom stereocenters. The topological polar surface area (TPSA) is 106 Å². The molecule has 1 N–H and O–H groups in total. The van der Waals surface area contributed by atoms with Crippen LogP contribution in [0.3, 0.4) is 0 Å². The van der Waals surface area contributed by atoms with Crippen molar-refractivity contribution >= 4 is 28.6 Å². The average Bonchev–Trinajstić information content (AvgIpc) is 3.61. The van der Waals surface area contributed by atoms with E-state index >= 15 is 0 Å². The fraction of sp³-hybridized carbons (Fsp3) is 0.172. The van der Waals surface area contributed by atoms with Crippen molar-refractivity contribution in [3.8, 4) is 11.5 Å². The first-order valence-corrected chi connectivity index (χ1v) is 13.5. The monoisotopic (exact) mass is 614 g/mol. The Morgan fingerprint density at radius 3 is 2.40 bits per heavy atom. The van der Waals surface area contributed by atoms with Crippen LogP contribution in [0.5, 0.6) is 11.5 Å². The zero-order valence-corrected chi connectivity index (χ0v) is 23.4. The van der Waals surface area contributed by atoms with Crippen LogP contribution < -0.4 is 14.8 Å². The number of benzene rings is 3. The van der Waals surface area contributed by atoms with Crippen LogP contribution in [0.15, 0.2) is 70.3 Å². The highest BCUT2D eigenvalue weighted by Gasteiger charge is 2.39. The van der Waals surface area contributed by atoms with Crippen molar-refractivity contribution in [3.63, 3.8) is 0 Å². The molecule has 43 heavy (non-hydrogen) atoms. The third-order valence-electron chi connectivity index (χ3n) is 6.15. The summed E-state index contributed by atoms with van der Waals surface area (Å²) in [5.41, 5.74) is 0.249. The Kier molecular flexibility index (Phi) is 8.66. The molecule has 0 saturated carbocycles. The van der Waals surface area contributed by atoms with Crippen LogP contribution in [-0.4, -0.2) is 40.7 Å². The minimum atomic E-state index is -1.41. The molecule has 9 nitrogen and oxygen atoms in total. The van der Waals surface area contributed by atoms with Gasteiger partial charge in [-0.2, -0.15) is 5.10 Å². The van der Waals surface area contributed by atoms with E-state index in [1.807, 2.05) is 0 Å². The first kappa shape index (κ1) is 29.6. The first-order chi connectivity index (χ1) is 20.6. The molecule has 3 aromatic carbocycles. The summed E-state index contributed by atoms with van der Waals surface area (Å²) in [6.07, 6.45) is 0. The number of para-hydroxylation sites is 1. The zero-order chi connectivity index (χ0) is 30.7. The van der Waals surface area contributed by atoms with Crippen LogP contribution in [0.2, 0.25) is 0 Å². The number of rotatable bonds is 9. The molecular formula is C29H22F4N4O5S. The number of amides is 2. The van der Waals surface area contributed by atoms with E-state index in [4.69, 9.17) is 14.0 Å². The molecule has 2 heterocycles. The average molecular weight is 615 g/mol. The predicted molar refractivity (Wildman–Crippen MR) is 147 cm³/mol. The molecule has 1 aliphatic rings. The van der Waals surface area contributed by atoms with Gasteiger partial charge in [0.15, 0.2) is 18.1 Å². The van der Waals surface area contributed by atoms with Crippen LogP contribution in [0.1, 0.15) is 38.3 Å². The summed E-state index contributed by atoms with van der Waals surface area (Å²) in [5, 5.41) is 10.8. The second kappa shape index (κ2) is 12.6. The zero-order valence-electron chi connectivity index (χ0n) is 22.6. The van der Waals surface area contributed by atoms with E-state index in [-0.39, 0.29) is 23.1 Å². The number of thioether (sulfide) groups is 1. The summed E-state index contributed by atoms with van der Waals surface area (Å²) >= 11 is 1.02. The van der Waals surface area contributed by atoms with Crippen molar-refractivity contribution in [3.05, 3.63) is 112 Å². The van der Waals surface area contributed by atoms with E-state index in [9.17, 15) is 27.2 Å². The lowest BCUT2D eigenvalue weighted by molar-refractivity contribution is -0.123. The van der Waals surface area contributed by atoms with E-state index in [1.54, 1.807) is 25.1 Å². The standard InChI is InChI=1S/C29H22F4N4O5S/c1-15-10-19(36-42-15)13-34-24(38)14-41-23-5-3-4-20(26(23)40-2)29-37(28(39)25-21(32)11-18(31)12-22(25)33)35-27(43-29)16-6-8-17(30)9-7-16/h3-12,29H,13-14H2,1-2H3,(H,34,38). The molecule has 14 heteroatoms. The number of carbonyl (C=O) groups is 2. The molecule has 0 spiro atoms. The Balaban J connectivity index is 1.44. The number of hydrogen-bond acceptors (Lipinski definition) is 8. The van der Waals surface area contributed by atoms with Crippen molar-refractivity contribution in [2.45, 2.75) is 18.8 Å². The predicted octanol–water partition coefficient (Wildman–Crippen LogP) is 5.49. The van der Waals surface area contributed by atoms with Crippen LogP contribution in [0.4, 0.5) is 17.6 Å². The Morgan fingerprint density at radius 2 is 1.74 bits per heavy atom. The van der Waals surface area contributed by atoms with E-state index in [0.717, 1.165) is 16.8 Å². The summed E-state index contributed by atoms with van der Waals surface area (Å²) in [7, 11) is 1.34. The number of nitrogens with one attached hydrogen (secondary N) is 1. The third kappa shape index (κ3) is 6.48. The highest BCUT2D eigenvalue weighted by molar-refractivity contribution is 8.14. The summed E-state index contributed by atoms with van der Waals surface area (Å²) < 4.78 is 72.7. The molecule has 4 aromatic rings. The minimum absolute atomic E-state index is 0.118. The number of aryl methyl sites for hydroxylation is 1. The van der Waals surface area contributed by atoms with E-state index in [1.165, 1.54) is 37.4 Å². The molecule has 0 radical (unpaired) electrons. The molecule has 1 aromatic heterocycles. The fourth-order valence-corrected chi connectivity index (χ4v) is 5.37. The van der Waals surface area contributed by atoms with Crippen LogP contribution >= 0.6 is 11.8 Å². The Morgan fingerprint density at radius 1 is 1.02 bits per heavy atom. The van der Waals surface area contributed by atoms with Crippen molar-refractivity contribution in [2.24, 2.45) is 5.10 Å². The number of halogens is 4. The summed E-state index contributed by atoms with van der Waals surface area (Å²) in [4.78, 5) is 25.9. The molecule has 0 bridgehead atoms. The van der Waals surface area contributed by atoms with E-state index < -0.39 is 52.6 Å². The normalized spacial score (nSPS) is 14.4. The van der Waals surface area contributed by atoms with Crippen LogP contribution in [0.25, 0.3) is 0 Å². The molecule has 0 aliphatic carbocycles. The first-order valence-electron chi connectivity index (χ1n) is 12.6. The van der Waals surface area contributed by atoms with Gasteiger partial charge in [-0.05, 0) is 37.3 Å². The maximum Gasteiger partial charge on any atom is 0.281 e. The van der Waals surface area contributed by atoms with Gasteiger partial charge in [-0.25, -0.2) is 22.6 Å². The molecule has 222 valence electrons. The number of hydrogen-bond donors (Lipinski definition) is 1. The lowest BCUT2D eigenvalue weighted by Gasteiger charge is -2.24. The molecule has 5 rings (SSSR count). The van der Waals surface area contributed by atoms with Gasteiger partial charge in [0.25, 0.3) is 11.8 Å². The van der Waals surface area contributed by atoms with Crippen LogP contribution in [0, 0.1) is 30.2 Å². The third-order valence-corrected chi connectivity index (χ3v) is 7.36. The summed E-state index contributed by atoms with van der Waals surface area (Å²) in [5.74, 6) is -5.33. The fourth-order valence-electron chi connectivity index (χ4n) is 4.20. The van der Waals surface area contributed by atoms with Gasteiger partial charge in [-0.3, -0.25) is 9.59 Å². The smallest absolute Gasteiger partial charge is 0.281 e. The molecule has 2 amide bonds. The second-order valence-corrected chi connectivity index (χ2v) is 10.2. The SMILES string of the molecule is COc1c(OCC(=O)NCc2cc(C)on2)cccc1C1SC(c2ccc(F)cc2)=NN1C(=O)c1c(F)cc(F)cc1F. The van der Waals surface area contributed by atoms with Crippen molar-refractivity contribution in [1.82, 2.24) is 15.5 Å². The number of ether oxygens (including phenoxy) is 2. The van der Waals surface area contributed by atoms with E-state index in [2.05, 4.69) is 15.6 Å². The lowest BCUT2D eigenvalue weighted by atomic mass is 10.1. The van der Waals surface area contributed by atoms with Gasteiger partial charge in [-0.15, -0.1) is 0 Å². The maximum absolute atomic E-state index is 14.7. The minimum Gasteiger partial charge on any atom is -0.492 e. The Bertz CT molecular complexity index is 1690. The van der Waals surface area contributed by atoms with Gasteiger partial charge < -0.3 is 19.3 Å². The van der Waals surface area contributed by atoms with Gasteiger partial charge in [0, 0.05) is 29.3 Å². The summed E-state index contributed by atoms with van der Waals surface area (Å²) in [6.45, 7) is 1.44. The molecule has 0 fully saturated rings. The van der Waals surface area contributed by atoms with Crippen molar-refractivity contribution < 1.29 is 41.1 Å². The summed E-state index contributed by atoms with van der Waals surface area (Å²) in [6, 6.07) is 12.4. The molecular weight excluding hydrogens is 592 g/mol. The van der Waals surface area contributed by atoms with Crippen LogP contribution in [-0.2, 0) is 11.3 Å². The quantitative estimate of drug-likeness (QED) is 0.249. The Hall–Kier alpha value is -4.85. The van der Waals surface area contributed by atoms with Gasteiger partial charge in [0.1, 0.15) is 50.7 Å². The van der Waals surface area contributed by atoms with Crippen molar-refractivity contribution in [2.75, 3.05) is 13.7 Å². The highest BCUT2D eigenvalue weighted by atomic mass is 32.2.